The number of rotatable bonds is 2. The summed E-state index contributed by atoms with van der Waals surface area (Å²) in [6.07, 6.45) is 0. The fourth-order valence-electron chi connectivity index (χ4n) is 0.742. The third-order valence-electron chi connectivity index (χ3n) is 1.41. The smallest absolute Gasteiger partial charge is 0.188 e. The normalized spacial score (nSPS) is 9.55. The van der Waals surface area contributed by atoms with E-state index in [4.69, 9.17) is 11.1 Å². The Kier molecular flexibility index (Phi) is 2.48. The van der Waals surface area contributed by atoms with Crippen LogP contribution in [0.1, 0.15) is 5.56 Å². The molecule has 1 aromatic rings. The van der Waals surface area contributed by atoms with Crippen molar-refractivity contribution in [1.82, 2.24) is 4.90 Å². The molecular weight excluding hydrogens is 158 g/mol. The molecule has 0 fully saturated rings. The standard InChI is InChI=1S/C7H11N3S/c1-10(7(8)9)4-6-2-3-11-5-6/h2-3,5H,4H2,1H3,(H3,8,9). The first kappa shape index (κ1) is 8.07. The number of thiophene rings is 1. The maximum absolute atomic E-state index is 7.11. The molecule has 0 bridgehead atoms. The predicted molar refractivity (Wildman–Crippen MR) is 47.7 cm³/mol. The highest BCUT2D eigenvalue weighted by molar-refractivity contribution is 7.07. The SMILES string of the molecule is CN(Cc1ccsc1)C(=N)N. The molecule has 0 aliphatic heterocycles. The van der Waals surface area contributed by atoms with Gasteiger partial charge in [-0.1, -0.05) is 0 Å². The molecule has 0 spiro atoms. The largest absolute Gasteiger partial charge is 0.370 e. The predicted octanol–water partition coefficient (Wildman–Crippen LogP) is 1.07. The average molecular weight is 169 g/mol. The quantitative estimate of drug-likeness (QED) is 0.514. The van der Waals surface area contributed by atoms with E-state index in [-0.39, 0.29) is 5.96 Å². The second kappa shape index (κ2) is 3.39. The molecule has 11 heavy (non-hydrogen) atoms. The van der Waals surface area contributed by atoms with Crippen molar-refractivity contribution in [3.05, 3.63) is 22.4 Å². The number of hydrogen-bond acceptors (Lipinski definition) is 2. The van der Waals surface area contributed by atoms with Crippen LogP contribution < -0.4 is 5.73 Å². The second-order valence-corrected chi connectivity index (χ2v) is 3.15. The van der Waals surface area contributed by atoms with Gasteiger partial charge in [0, 0.05) is 13.6 Å². The second-order valence-electron chi connectivity index (χ2n) is 2.37. The first-order chi connectivity index (χ1) is 5.20. The average Bonchev–Trinajstić information content (AvgIpc) is 2.39. The topological polar surface area (TPSA) is 53.1 Å². The Morgan fingerprint density at radius 1 is 1.82 bits per heavy atom. The lowest BCUT2D eigenvalue weighted by Gasteiger charge is -2.14. The van der Waals surface area contributed by atoms with Crippen molar-refractivity contribution in [3.8, 4) is 0 Å². The van der Waals surface area contributed by atoms with Crippen LogP contribution in [0.5, 0.6) is 0 Å². The number of nitrogens with two attached hydrogens (primary N) is 1. The van der Waals surface area contributed by atoms with E-state index < -0.39 is 0 Å². The van der Waals surface area contributed by atoms with E-state index in [1.54, 1.807) is 23.3 Å². The maximum atomic E-state index is 7.11. The number of guanidine groups is 1. The highest BCUT2D eigenvalue weighted by atomic mass is 32.1. The van der Waals surface area contributed by atoms with E-state index in [0.717, 1.165) is 6.54 Å². The first-order valence-electron chi connectivity index (χ1n) is 3.26. The van der Waals surface area contributed by atoms with Gasteiger partial charge in [-0.3, -0.25) is 5.41 Å². The van der Waals surface area contributed by atoms with Gasteiger partial charge in [-0.05, 0) is 22.4 Å². The number of nitrogens with one attached hydrogen (secondary N) is 1. The molecule has 60 valence electrons. The van der Waals surface area contributed by atoms with Gasteiger partial charge in [0.15, 0.2) is 5.96 Å². The van der Waals surface area contributed by atoms with Gasteiger partial charge in [0.05, 0.1) is 0 Å². The van der Waals surface area contributed by atoms with Crippen molar-refractivity contribution in [1.29, 1.82) is 5.41 Å². The van der Waals surface area contributed by atoms with Crippen molar-refractivity contribution in [2.45, 2.75) is 6.54 Å². The zero-order valence-corrected chi connectivity index (χ0v) is 7.19. The highest BCUT2D eigenvalue weighted by Gasteiger charge is 2.00. The molecule has 3 nitrogen and oxygen atoms in total. The molecule has 4 heteroatoms. The van der Waals surface area contributed by atoms with Crippen LogP contribution in [0.4, 0.5) is 0 Å². The van der Waals surface area contributed by atoms with Gasteiger partial charge < -0.3 is 10.6 Å². The Balaban J connectivity index is 2.50. The number of hydrogen-bond donors (Lipinski definition) is 2. The monoisotopic (exact) mass is 169 g/mol. The molecule has 0 unspecified atom stereocenters. The molecule has 0 saturated heterocycles. The van der Waals surface area contributed by atoms with Gasteiger partial charge in [0.25, 0.3) is 0 Å². The summed E-state index contributed by atoms with van der Waals surface area (Å²) < 4.78 is 0. The lowest BCUT2D eigenvalue weighted by Crippen LogP contribution is -2.31. The summed E-state index contributed by atoms with van der Waals surface area (Å²) in [5.74, 6) is 0.108. The van der Waals surface area contributed by atoms with Crippen LogP contribution in [-0.4, -0.2) is 17.9 Å². The van der Waals surface area contributed by atoms with E-state index in [0.29, 0.717) is 0 Å². The third kappa shape index (κ3) is 2.23. The van der Waals surface area contributed by atoms with Crippen LogP contribution in [0.25, 0.3) is 0 Å². The van der Waals surface area contributed by atoms with Crippen molar-refractivity contribution < 1.29 is 0 Å². The van der Waals surface area contributed by atoms with Crippen LogP contribution >= 0.6 is 11.3 Å². The van der Waals surface area contributed by atoms with Gasteiger partial charge in [-0.2, -0.15) is 11.3 Å². The van der Waals surface area contributed by atoms with Crippen molar-refractivity contribution in [3.63, 3.8) is 0 Å². The zero-order chi connectivity index (χ0) is 8.27. The summed E-state index contributed by atoms with van der Waals surface area (Å²) in [7, 11) is 1.81. The molecule has 3 N–H and O–H groups in total. The molecule has 0 aliphatic carbocycles. The van der Waals surface area contributed by atoms with E-state index in [2.05, 4.69) is 5.38 Å². The summed E-state index contributed by atoms with van der Waals surface area (Å²) in [5, 5.41) is 11.2. The third-order valence-corrected chi connectivity index (χ3v) is 2.14. The van der Waals surface area contributed by atoms with Gasteiger partial charge in [-0.25, -0.2) is 0 Å². The van der Waals surface area contributed by atoms with Crippen LogP contribution in [0.15, 0.2) is 16.8 Å². The van der Waals surface area contributed by atoms with Crippen LogP contribution in [0.3, 0.4) is 0 Å². The van der Waals surface area contributed by atoms with E-state index in [1.807, 2.05) is 11.4 Å². The Morgan fingerprint density at radius 3 is 3.00 bits per heavy atom. The fourth-order valence-corrected chi connectivity index (χ4v) is 1.40. The zero-order valence-electron chi connectivity index (χ0n) is 6.37. The van der Waals surface area contributed by atoms with Crippen molar-refractivity contribution in [2.75, 3.05) is 7.05 Å². The number of nitrogens with zero attached hydrogens (tertiary/aromatic N) is 1. The summed E-state index contributed by atoms with van der Waals surface area (Å²) in [6.45, 7) is 0.721. The first-order valence-corrected chi connectivity index (χ1v) is 4.20. The Labute approximate surface area is 70.0 Å². The summed E-state index contributed by atoms with van der Waals surface area (Å²) in [6, 6.07) is 2.03. The molecule has 0 amide bonds. The molecule has 1 rings (SSSR count). The molecule has 0 aromatic carbocycles. The van der Waals surface area contributed by atoms with Crippen LogP contribution in [0, 0.1) is 5.41 Å². The highest BCUT2D eigenvalue weighted by Crippen LogP contribution is 2.07. The summed E-state index contributed by atoms with van der Waals surface area (Å²) >= 11 is 1.66. The molecule has 0 aliphatic rings. The maximum Gasteiger partial charge on any atom is 0.188 e. The fraction of sp³-hybridized carbons (Fsp3) is 0.286. The molecular formula is C7H11N3S. The molecule has 0 radical (unpaired) electrons. The lowest BCUT2D eigenvalue weighted by molar-refractivity contribution is 0.492. The van der Waals surface area contributed by atoms with Crippen LogP contribution in [0.2, 0.25) is 0 Å². The molecule has 1 heterocycles. The van der Waals surface area contributed by atoms with Gasteiger partial charge in [0.1, 0.15) is 0 Å². The van der Waals surface area contributed by atoms with E-state index >= 15 is 0 Å². The van der Waals surface area contributed by atoms with Gasteiger partial charge >= 0.3 is 0 Å². The Morgan fingerprint density at radius 2 is 2.55 bits per heavy atom. The van der Waals surface area contributed by atoms with E-state index in [9.17, 15) is 0 Å². The minimum absolute atomic E-state index is 0.108. The molecule has 0 saturated carbocycles. The summed E-state index contributed by atoms with van der Waals surface area (Å²) in [4.78, 5) is 1.70. The Bertz CT molecular complexity index is 230. The van der Waals surface area contributed by atoms with E-state index in [1.165, 1.54) is 5.56 Å². The van der Waals surface area contributed by atoms with Crippen molar-refractivity contribution in [2.24, 2.45) is 5.73 Å². The molecule has 1 aromatic heterocycles. The van der Waals surface area contributed by atoms with Crippen LogP contribution in [-0.2, 0) is 6.54 Å². The van der Waals surface area contributed by atoms with Crippen molar-refractivity contribution >= 4 is 17.3 Å². The van der Waals surface area contributed by atoms with Gasteiger partial charge in [0.2, 0.25) is 0 Å². The molecule has 0 atom stereocenters. The van der Waals surface area contributed by atoms with Gasteiger partial charge in [-0.15, -0.1) is 0 Å². The lowest BCUT2D eigenvalue weighted by atomic mass is 10.3. The summed E-state index contributed by atoms with van der Waals surface area (Å²) in [5.41, 5.74) is 6.47. The minimum atomic E-state index is 0.108. The Hall–Kier alpha value is -1.03. The minimum Gasteiger partial charge on any atom is -0.370 e.